The third-order valence-corrected chi connectivity index (χ3v) is 2.96. The maximum atomic E-state index is 11.6. The van der Waals surface area contributed by atoms with Crippen molar-refractivity contribution in [2.24, 2.45) is 0 Å². The fourth-order valence-corrected chi connectivity index (χ4v) is 1.65. The van der Waals surface area contributed by atoms with Crippen LogP contribution >= 0.6 is 0 Å². The van der Waals surface area contributed by atoms with Crippen molar-refractivity contribution in [2.75, 3.05) is 52.9 Å². The SMILES string of the molecule is C=C(C)C(=O)OC(COCCOCCOCCO)C(O)CCCO. The molecule has 0 saturated carbocycles. The highest BCUT2D eigenvalue weighted by atomic mass is 16.6. The van der Waals surface area contributed by atoms with Gasteiger partial charge in [0.15, 0.2) is 6.10 Å². The number of carbonyl (C=O) groups is 1. The second-order valence-corrected chi connectivity index (χ2v) is 5.18. The number of aliphatic hydroxyl groups is 3. The lowest BCUT2D eigenvalue weighted by molar-refractivity contribution is -0.156. The quantitative estimate of drug-likeness (QED) is 0.197. The van der Waals surface area contributed by atoms with E-state index in [2.05, 4.69) is 6.58 Å². The average Bonchev–Trinajstić information content (AvgIpc) is 2.56. The van der Waals surface area contributed by atoms with Crippen LogP contribution in [0.2, 0.25) is 0 Å². The van der Waals surface area contributed by atoms with Gasteiger partial charge < -0.3 is 34.3 Å². The molecule has 8 nitrogen and oxygen atoms in total. The molecule has 24 heavy (non-hydrogen) atoms. The summed E-state index contributed by atoms with van der Waals surface area (Å²) in [4.78, 5) is 11.6. The largest absolute Gasteiger partial charge is 0.454 e. The molecule has 0 aromatic carbocycles. The number of esters is 1. The molecule has 8 heteroatoms. The van der Waals surface area contributed by atoms with Gasteiger partial charge >= 0.3 is 5.97 Å². The molecule has 0 radical (unpaired) electrons. The number of carbonyl (C=O) groups excluding carboxylic acids is 1. The molecular weight excluding hydrogens is 320 g/mol. The van der Waals surface area contributed by atoms with Gasteiger partial charge in [-0.25, -0.2) is 4.79 Å². The summed E-state index contributed by atoms with van der Waals surface area (Å²) in [6.07, 6.45) is -1.05. The fraction of sp³-hybridized carbons (Fsp3) is 0.812. The second-order valence-electron chi connectivity index (χ2n) is 5.18. The highest BCUT2D eigenvalue weighted by Gasteiger charge is 2.23. The van der Waals surface area contributed by atoms with Crippen LogP contribution in [0.3, 0.4) is 0 Å². The number of hydrogen-bond acceptors (Lipinski definition) is 8. The molecule has 2 unspecified atom stereocenters. The van der Waals surface area contributed by atoms with Gasteiger partial charge in [0.25, 0.3) is 0 Å². The van der Waals surface area contributed by atoms with Gasteiger partial charge in [0.2, 0.25) is 0 Å². The van der Waals surface area contributed by atoms with E-state index in [1.165, 1.54) is 6.92 Å². The Morgan fingerprint density at radius 1 is 1.00 bits per heavy atom. The fourth-order valence-electron chi connectivity index (χ4n) is 1.65. The summed E-state index contributed by atoms with van der Waals surface area (Å²) < 4.78 is 20.8. The predicted molar refractivity (Wildman–Crippen MR) is 86.6 cm³/mol. The lowest BCUT2D eigenvalue weighted by atomic mass is 10.1. The standard InChI is InChI=1S/C16H30O8/c1-13(2)16(20)24-15(14(19)4-3-5-17)12-23-11-10-22-9-8-21-7-6-18/h14-15,17-19H,1,3-12H2,2H3. The summed E-state index contributed by atoms with van der Waals surface area (Å²) in [7, 11) is 0. The molecule has 0 aliphatic rings. The van der Waals surface area contributed by atoms with Gasteiger partial charge in [-0.15, -0.1) is 0 Å². The van der Waals surface area contributed by atoms with Crippen LogP contribution < -0.4 is 0 Å². The van der Waals surface area contributed by atoms with E-state index in [-0.39, 0.29) is 38.6 Å². The first-order chi connectivity index (χ1) is 11.5. The van der Waals surface area contributed by atoms with Crippen LogP contribution in [0.5, 0.6) is 0 Å². The van der Waals surface area contributed by atoms with Gasteiger partial charge in [-0.1, -0.05) is 6.58 Å². The van der Waals surface area contributed by atoms with Crippen molar-refractivity contribution in [3.63, 3.8) is 0 Å². The van der Waals surface area contributed by atoms with Gasteiger partial charge in [0.1, 0.15) is 0 Å². The normalized spacial score (nSPS) is 13.5. The summed E-state index contributed by atoms with van der Waals surface area (Å²) in [6, 6.07) is 0. The molecule has 3 N–H and O–H groups in total. The Hall–Kier alpha value is -1.03. The zero-order valence-corrected chi connectivity index (χ0v) is 14.3. The van der Waals surface area contributed by atoms with Crippen molar-refractivity contribution in [3.05, 3.63) is 12.2 Å². The van der Waals surface area contributed by atoms with Crippen molar-refractivity contribution in [1.82, 2.24) is 0 Å². The smallest absolute Gasteiger partial charge is 0.333 e. The maximum absolute atomic E-state index is 11.6. The minimum Gasteiger partial charge on any atom is -0.454 e. The Bertz CT molecular complexity index is 334. The minimum atomic E-state index is -0.923. The van der Waals surface area contributed by atoms with E-state index < -0.39 is 18.2 Å². The van der Waals surface area contributed by atoms with Gasteiger partial charge in [-0.05, 0) is 19.8 Å². The third kappa shape index (κ3) is 12.4. The van der Waals surface area contributed by atoms with Crippen LogP contribution in [0, 0.1) is 0 Å². The lowest BCUT2D eigenvalue weighted by Gasteiger charge is -2.23. The molecule has 0 bridgehead atoms. The summed E-state index contributed by atoms with van der Waals surface area (Å²) in [5.74, 6) is -0.594. The summed E-state index contributed by atoms with van der Waals surface area (Å²) >= 11 is 0. The van der Waals surface area contributed by atoms with Crippen LogP contribution in [-0.4, -0.2) is 86.4 Å². The van der Waals surface area contributed by atoms with E-state index in [4.69, 9.17) is 29.2 Å². The van der Waals surface area contributed by atoms with Crippen LogP contribution in [0.15, 0.2) is 12.2 Å². The van der Waals surface area contributed by atoms with Crippen LogP contribution in [-0.2, 0) is 23.7 Å². The van der Waals surface area contributed by atoms with E-state index in [0.717, 1.165) is 0 Å². The molecule has 0 saturated heterocycles. The molecule has 0 heterocycles. The van der Waals surface area contributed by atoms with Crippen molar-refractivity contribution in [1.29, 1.82) is 0 Å². The van der Waals surface area contributed by atoms with Gasteiger partial charge in [0, 0.05) is 12.2 Å². The Morgan fingerprint density at radius 2 is 1.58 bits per heavy atom. The highest BCUT2D eigenvalue weighted by Crippen LogP contribution is 2.09. The van der Waals surface area contributed by atoms with Crippen molar-refractivity contribution in [2.45, 2.75) is 32.0 Å². The van der Waals surface area contributed by atoms with Crippen molar-refractivity contribution < 1.29 is 39.1 Å². The molecule has 0 fully saturated rings. The Balaban J connectivity index is 3.99. The summed E-state index contributed by atoms with van der Waals surface area (Å²) in [5.41, 5.74) is 0.237. The molecule has 0 aromatic rings. The number of aliphatic hydroxyl groups excluding tert-OH is 3. The monoisotopic (exact) mass is 350 g/mol. The Labute approximate surface area is 143 Å². The second kappa shape index (κ2) is 15.5. The van der Waals surface area contributed by atoms with Crippen LogP contribution in [0.1, 0.15) is 19.8 Å². The first kappa shape index (κ1) is 23.0. The van der Waals surface area contributed by atoms with Gasteiger partial charge in [-0.2, -0.15) is 0 Å². The molecule has 0 rings (SSSR count). The maximum Gasteiger partial charge on any atom is 0.333 e. The summed E-state index contributed by atoms with van der Waals surface area (Å²) in [5, 5.41) is 27.4. The van der Waals surface area contributed by atoms with E-state index in [9.17, 15) is 9.90 Å². The van der Waals surface area contributed by atoms with E-state index in [0.29, 0.717) is 32.7 Å². The zero-order chi connectivity index (χ0) is 18.2. The molecule has 0 aromatic heterocycles. The number of hydrogen-bond donors (Lipinski definition) is 3. The Kier molecular flexibility index (Phi) is 14.8. The lowest BCUT2D eigenvalue weighted by Crippen LogP contribution is -2.36. The average molecular weight is 350 g/mol. The minimum absolute atomic E-state index is 0.0218. The third-order valence-electron chi connectivity index (χ3n) is 2.96. The summed E-state index contributed by atoms with van der Waals surface area (Å²) in [6.45, 7) is 6.62. The molecule has 2 atom stereocenters. The first-order valence-electron chi connectivity index (χ1n) is 8.02. The Morgan fingerprint density at radius 3 is 2.12 bits per heavy atom. The van der Waals surface area contributed by atoms with Crippen LogP contribution in [0.4, 0.5) is 0 Å². The molecule has 0 spiro atoms. The van der Waals surface area contributed by atoms with Crippen molar-refractivity contribution in [3.8, 4) is 0 Å². The topological polar surface area (TPSA) is 115 Å². The first-order valence-corrected chi connectivity index (χ1v) is 8.02. The van der Waals surface area contributed by atoms with Gasteiger partial charge in [0.05, 0.1) is 52.4 Å². The molecule has 0 aliphatic carbocycles. The molecular formula is C16H30O8. The van der Waals surface area contributed by atoms with Gasteiger partial charge in [-0.3, -0.25) is 0 Å². The molecule has 0 aliphatic heterocycles. The van der Waals surface area contributed by atoms with Crippen molar-refractivity contribution >= 4 is 5.97 Å². The number of rotatable bonds is 16. The molecule has 142 valence electrons. The highest BCUT2D eigenvalue weighted by molar-refractivity contribution is 5.87. The molecule has 0 amide bonds. The van der Waals surface area contributed by atoms with E-state index >= 15 is 0 Å². The van der Waals surface area contributed by atoms with Crippen LogP contribution in [0.25, 0.3) is 0 Å². The number of ether oxygens (including phenoxy) is 4. The zero-order valence-electron chi connectivity index (χ0n) is 14.3. The van der Waals surface area contributed by atoms with E-state index in [1.807, 2.05) is 0 Å². The van der Waals surface area contributed by atoms with E-state index in [1.54, 1.807) is 0 Å². The predicted octanol–water partition coefficient (Wildman–Crippen LogP) is -0.350.